The molecule has 3 rings (SSSR count). The van der Waals surface area contributed by atoms with Gasteiger partial charge in [-0.1, -0.05) is 58.2 Å². The lowest BCUT2D eigenvalue weighted by Crippen LogP contribution is -2.52. The summed E-state index contributed by atoms with van der Waals surface area (Å²) in [5.74, 6) is -0.292. The number of nitrogens with two attached hydrogens (primary N) is 1. The topological polar surface area (TPSA) is 90.0 Å². The number of nitrogens with zero attached hydrogens (tertiary/aromatic N) is 2. The Morgan fingerprint density at radius 3 is 2.52 bits per heavy atom. The lowest BCUT2D eigenvalue weighted by atomic mass is 9.86. The lowest BCUT2D eigenvalue weighted by molar-refractivity contribution is -0.122. The fourth-order valence-corrected chi connectivity index (χ4v) is 3.96. The van der Waals surface area contributed by atoms with Crippen molar-refractivity contribution in [2.24, 2.45) is 17.1 Å². The van der Waals surface area contributed by atoms with Crippen LogP contribution in [0.25, 0.3) is 10.9 Å². The zero-order chi connectivity index (χ0) is 19.6. The summed E-state index contributed by atoms with van der Waals surface area (Å²) in [5.41, 5.74) is 6.36. The molecule has 1 atom stereocenters. The molecular weight excluding hydrogens is 340 g/mol. The van der Waals surface area contributed by atoms with E-state index >= 15 is 0 Å². The van der Waals surface area contributed by atoms with Crippen molar-refractivity contribution in [2.45, 2.75) is 65.5 Å². The number of para-hydroxylation sites is 1. The molecule has 1 aromatic carbocycles. The van der Waals surface area contributed by atoms with E-state index in [9.17, 15) is 9.59 Å². The summed E-state index contributed by atoms with van der Waals surface area (Å²) in [7, 11) is 0. The Morgan fingerprint density at radius 1 is 1.22 bits per heavy atom. The maximum atomic E-state index is 12.9. The predicted octanol–water partition coefficient (Wildman–Crippen LogP) is 3.25. The zero-order valence-electron chi connectivity index (χ0n) is 16.5. The highest BCUT2D eigenvalue weighted by molar-refractivity contribution is 6.06. The SMILES string of the molecule is CC(C)(C)C(NC(=O)c1nn(CC2CCCCC2)c2ccccc12)C(N)=O. The molecule has 0 aliphatic heterocycles. The minimum absolute atomic E-state index is 0.354. The molecule has 1 saturated carbocycles. The van der Waals surface area contributed by atoms with Crippen LogP contribution in [0.5, 0.6) is 0 Å². The number of nitrogens with one attached hydrogen (secondary N) is 1. The third-order valence-electron chi connectivity index (χ3n) is 5.45. The predicted molar refractivity (Wildman–Crippen MR) is 106 cm³/mol. The molecule has 1 aliphatic carbocycles. The second-order valence-electron chi connectivity index (χ2n) is 8.73. The lowest BCUT2D eigenvalue weighted by Gasteiger charge is -2.28. The van der Waals surface area contributed by atoms with Gasteiger partial charge in [0.25, 0.3) is 5.91 Å². The van der Waals surface area contributed by atoms with Gasteiger partial charge in [-0.15, -0.1) is 0 Å². The van der Waals surface area contributed by atoms with E-state index in [4.69, 9.17) is 5.73 Å². The Morgan fingerprint density at radius 2 is 1.89 bits per heavy atom. The van der Waals surface area contributed by atoms with Gasteiger partial charge in [0.05, 0.1) is 5.52 Å². The van der Waals surface area contributed by atoms with Gasteiger partial charge < -0.3 is 11.1 Å². The van der Waals surface area contributed by atoms with Gasteiger partial charge in [-0.05, 0) is 30.2 Å². The van der Waals surface area contributed by atoms with E-state index in [2.05, 4.69) is 10.4 Å². The molecule has 146 valence electrons. The molecule has 1 aromatic heterocycles. The second kappa shape index (κ2) is 7.71. The fraction of sp³-hybridized carbons (Fsp3) is 0.571. The van der Waals surface area contributed by atoms with Crippen LogP contribution in [0, 0.1) is 11.3 Å². The molecule has 0 radical (unpaired) electrons. The van der Waals surface area contributed by atoms with Crippen molar-refractivity contribution in [2.75, 3.05) is 0 Å². The minimum atomic E-state index is -0.757. The second-order valence-corrected chi connectivity index (χ2v) is 8.73. The normalized spacial score (nSPS) is 17.0. The van der Waals surface area contributed by atoms with E-state index < -0.39 is 17.4 Å². The maximum absolute atomic E-state index is 12.9. The van der Waals surface area contributed by atoms with E-state index in [0.29, 0.717) is 11.6 Å². The quantitative estimate of drug-likeness (QED) is 0.846. The summed E-state index contributed by atoms with van der Waals surface area (Å²) in [6.07, 6.45) is 6.27. The third-order valence-corrected chi connectivity index (χ3v) is 5.45. The molecule has 0 bridgehead atoms. The highest BCUT2D eigenvalue weighted by Gasteiger charge is 2.32. The van der Waals surface area contributed by atoms with E-state index in [-0.39, 0.29) is 5.91 Å². The number of fused-ring (bicyclic) bond motifs is 1. The Kier molecular flexibility index (Phi) is 5.53. The van der Waals surface area contributed by atoms with E-state index in [1.54, 1.807) is 0 Å². The van der Waals surface area contributed by atoms with E-state index in [0.717, 1.165) is 17.4 Å². The van der Waals surface area contributed by atoms with Gasteiger partial charge in [0.15, 0.2) is 5.69 Å². The van der Waals surface area contributed by atoms with Crippen LogP contribution < -0.4 is 11.1 Å². The summed E-state index contributed by atoms with van der Waals surface area (Å²) in [4.78, 5) is 24.8. The van der Waals surface area contributed by atoms with Crippen LogP contribution in [0.2, 0.25) is 0 Å². The summed E-state index contributed by atoms with van der Waals surface area (Å²) in [5, 5.41) is 8.23. The van der Waals surface area contributed by atoms with Gasteiger partial charge in [-0.3, -0.25) is 14.3 Å². The Hall–Kier alpha value is -2.37. The van der Waals surface area contributed by atoms with Gasteiger partial charge in [0.2, 0.25) is 5.91 Å². The minimum Gasteiger partial charge on any atom is -0.368 e. The first-order chi connectivity index (χ1) is 12.8. The largest absolute Gasteiger partial charge is 0.368 e. The maximum Gasteiger partial charge on any atom is 0.273 e. The summed E-state index contributed by atoms with van der Waals surface area (Å²) in [6, 6.07) is 7.01. The number of hydrogen-bond donors (Lipinski definition) is 2. The number of carbonyl (C=O) groups excluding carboxylic acids is 2. The van der Waals surface area contributed by atoms with Crippen molar-refractivity contribution in [3.8, 4) is 0 Å². The van der Waals surface area contributed by atoms with Crippen molar-refractivity contribution in [3.63, 3.8) is 0 Å². The standard InChI is InChI=1S/C21H30N4O2/c1-21(2,3)18(19(22)26)23-20(27)17-15-11-7-8-12-16(15)25(24-17)13-14-9-5-4-6-10-14/h7-8,11-12,14,18H,4-6,9-10,13H2,1-3H3,(H2,22,26)(H,23,27). The molecule has 27 heavy (non-hydrogen) atoms. The van der Waals surface area contributed by atoms with Crippen LogP contribution in [0.1, 0.15) is 63.4 Å². The van der Waals surface area contributed by atoms with Gasteiger partial charge in [-0.25, -0.2) is 0 Å². The first-order valence-corrected chi connectivity index (χ1v) is 9.83. The number of hydrogen-bond acceptors (Lipinski definition) is 3. The van der Waals surface area contributed by atoms with Crippen molar-refractivity contribution < 1.29 is 9.59 Å². The molecule has 6 heteroatoms. The first kappa shape index (κ1) is 19.4. The average molecular weight is 370 g/mol. The number of rotatable bonds is 5. The molecule has 1 fully saturated rings. The molecule has 1 unspecified atom stereocenters. The van der Waals surface area contributed by atoms with E-state index in [1.807, 2.05) is 49.7 Å². The highest BCUT2D eigenvalue weighted by Crippen LogP contribution is 2.27. The molecule has 2 aromatic rings. The summed E-state index contributed by atoms with van der Waals surface area (Å²) >= 11 is 0. The van der Waals surface area contributed by atoms with E-state index in [1.165, 1.54) is 32.1 Å². The number of amides is 2. The van der Waals surface area contributed by atoms with Gasteiger partial charge in [-0.2, -0.15) is 5.10 Å². The van der Waals surface area contributed by atoms with Crippen LogP contribution >= 0.6 is 0 Å². The van der Waals surface area contributed by atoms with Crippen LogP contribution in [0.3, 0.4) is 0 Å². The Balaban J connectivity index is 1.89. The molecule has 0 saturated heterocycles. The molecule has 6 nitrogen and oxygen atoms in total. The molecular formula is C21H30N4O2. The number of aromatic nitrogens is 2. The monoisotopic (exact) mass is 370 g/mol. The Bertz CT molecular complexity index is 828. The van der Waals surface area contributed by atoms with Crippen molar-refractivity contribution >= 4 is 22.7 Å². The van der Waals surface area contributed by atoms with Crippen molar-refractivity contribution in [1.82, 2.24) is 15.1 Å². The van der Waals surface area contributed by atoms with Crippen LogP contribution in [0.15, 0.2) is 24.3 Å². The van der Waals surface area contributed by atoms with Crippen molar-refractivity contribution in [1.29, 1.82) is 0 Å². The van der Waals surface area contributed by atoms with Crippen LogP contribution in [-0.4, -0.2) is 27.6 Å². The summed E-state index contributed by atoms with van der Waals surface area (Å²) < 4.78 is 1.95. The molecule has 1 heterocycles. The van der Waals surface area contributed by atoms with Crippen molar-refractivity contribution in [3.05, 3.63) is 30.0 Å². The number of primary amides is 1. The average Bonchev–Trinajstić information content (AvgIpc) is 2.98. The third kappa shape index (κ3) is 4.31. The summed E-state index contributed by atoms with van der Waals surface area (Å²) in [6.45, 7) is 6.46. The van der Waals surface area contributed by atoms with Gasteiger partial charge in [0.1, 0.15) is 6.04 Å². The van der Waals surface area contributed by atoms with Gasteiger partial charge in [0, 0.05) is 11.9 Å². The van der Waals surface area contributed by atoms with Gasteiger partial charge >= 0.3 is 0 Å². The number of benzene rings is 1. The Labute approximate surface area is 160 Å². The van der Waals surface area contributed by atoms with Crippen LogP contribution in [-0.2, 0) is 11.3 Å². The van der Waals surface area contributed by atoms with Crippen LogP contribution in [0.4, 0.5) is 0 Å². The highest BCUT2D eigenvalue weighted by atomic mass is 16.2. The molecule has 0 spiro atoms. The molecule has 3 N–H and O–H groups in total. The fourth-order valence-electron chi connectivity index (χ4n) is 3.96. The number of carbonyl (C=O) groups is 2. The zero-order valence-corrected chi connectivity index (χ0v) is 16.5. The molecule has 1 aliphatic rings. The molecule has 2 amide bonds. The smallest absolute Gasteiger partial charge is 0.273 e. The first-order valence-electron chi connectivity index (χ1n) is 9.83.